The molecule has 0 bridgehead atoms. The van der Waals surface area contributed by atoms with E-state index < -0.39 is 10.7 Å². The van der Waals surface area contributed by atoms with E-state index in [9.17, 15) is 14.5 Å². The average molecular weight is 345 g/mol. The van der Waals surface area contributed by atoms with Gasteiger partial charge < -0.3 is 5.32 Å². The van der Waals surface area contributed by atoms with Crippen molar-refractivity contribution >= 4 is 27.3 Å². The van der Waals surface area contributed by atoms with Crippen molar-refractivity contribution in [3.63, 3.8) is 0 Å². The highest BCUT2D eigenvalue weighted by molar-refractivity contribution is 9.10. The Morgan fingerprint density at radius 3 is 2.35 bits per heavy atom. The highest BCUT2D eigenvalue weighted by Crippen LogP contribution is 2.68. The Bertz CT molecular complexity index is 559. The van der Waals surface area contributed by atoms with Gasteiger partial charge in [-0.1, -0.05) is 27.7 Å². The third-order valence-corrected chi connectivity index (χ3v) is 5.66. The first-order chi connectivity index (χ1) is 9.09. The number of nitro groups is 1. The van der Waals surface area contributed by atoms with E-state index in [-0.39, 0.29) is 26.7 Å². The lowest BCUT2D eigenvalue weighted by molar-refractivity contribution is -0.384. The zero-order chi connectivity index (χ0) is 15.3. The molecule has 0 amide bonds. The van der Waals surface area contributed by atoms with E-state index in [1.54, 1.807) is 0 Å². The van der Waals surface area contributed by atoms with Crippen LogP contribution in [-0.2, 0) is 0 Å². The Labute approximate surface area is 126 Å². The number of hydrogen-bond donors (Lipinski definition) is 1. The molecule has 1 N–H and O–H groups in total. The summed E-state index contributed by atoms with van der Waals surface area (Å²) in [5.41, 5.74) is 0.481. The maximum Gasteiger partial charge on any atom is 0.293 e. The molecule has 0 heterocycles. The second kappa shape index (κ2) is 4.69. The number of anilines is 1. The minimum absolute atomic E-state index is 0.0989. The zero-order valence-corrected chi connectivity index (χ0v) is 13.5. The minimum atomic E-state index is -0.507. The topological polar surface area (TPSA) is 55.2 Å². The fourth-order valence-electron chi connectivity index (χ4n) is 2.88. The second-order valence-corrected chi connectivity index (χ2v) is 7.27. The first-order valence-corrected chi connectivity index (χ1v) is 7.25. The molecule has 1 aromatic carbocycles. The molecule has 2 rings (SSSR count). The van der Waals surface area contributed by atoms with Gasteiger partial charge in [-0.3, -0.25) is 10.1 Å². The maximum atomic E-state index is 13.6. The molecule has 20 heavy (non-hydrogen) atoms. The fraction of sp³-hybridized carbons (Fsp3) is 0.571. The first-order valence-electron chi connectivity index (χ1n) is 6.46. The van der Waals surface area contributed by atoms with Gasteiger partial charge in [-0.25, -0.2) is 4.39 Å². The van der Waals surface area contributed by atoms with Gasteiger partial charge in [-0.2, -0.15) is 0 Å². The highest BCUT2D eigenvalue weighted by Gasteiger charge is 2.64. The van der Waals surface area contributed by atoms with Crippen molar-refractivity contribution in [2.75, 3.05) is 11.9 Å². The van der Waals surface area contributed by atoms with E-state index in [0.29, 0.717) is 12.5 Å². The summed E-state index contributed by atoms with van der Waals surface area (Å²) >= 11 is 2.97. The first kappa shape index (κ1) is 15.2. The van der Waals surface area contributed by atoms with Crippen LogP contribution in [0.4, 0.5) is 15.8 Å². The molecule has 4 nitrogen and oxygen atoms in total. The number of hydrogen-bond acceptors (Lipinski definition) is 3. The number of benzene rings is 1. The van der Waals surface area contributed by atoms with Crippen LogP contribution in [0.2, 0.25) is 0 Å². The van der Waals surface area contributed by atoms with Crippen molar-refractivity contribution in [1.29, 1.82) is 0 Å². The SMILES string of the molecule is CC1(C)C(CNc2cc(F)c(Br)cc2[N+](=O)[O-])C1(C)C. The quantitative estimate of drug-likeness (QED) is 0.641. The van der Waals surface area contributed by atoms with Gasteiger partial charge in [-0.05, 0) is 32.7 Å². The van der Waals surface area contributed by atoms with Crippen molar-refractivity contribution < 1.29 is 9.31 Å². The van der Waals surface area contributed by atoms with Crippen LogP contribution in [0.5, 0.6) is 0 Å². The summed E-state index contributed by atoms with van der Waals surface area (Å²) in [6.45, 7) is 9.31. The number of nitrogens with zero attached hydrogens (tertiary/aromatic N) is 1. The number of nitro benzene ring substituents is 1. The van der Waals surface area contributed by atoms with Gasteiger partial charge in [0.1, 0.15) is 11.5 Å². The van der Waals surface area contributed by atoms with Crippen LogP contribution in [0.15, 0.2) is 16.6 Å². The van der Waals surface area contributed by atoms with Gasteiger partial charge in [-0.15, -0.1) is 0 Å². The third-order valence-electron chi connectivity index (χ3n) is 5.05. The summed E-state index contributed by atoms with van der Waals surface area (Å²) in [4.78, 5) is 10.5. The molecule has 110 valence electrons. The Morgan fingerprint density at radius 1 is 1.35 bits per heavy atom. The second-order valence-electron chi connectivity index (χ2n) is 6.42. The smallest absolute Gasteiger partial charge is 0.293 e. The van der Waals surface area contributed by atoms with E-state index in [1.807, 2.05) is 0 Å². The molecule has 1 aliphatic rings. The summed E-state index contributed by atoms with van der Waals surface area (Å²) in [5, 5.41) is 14.1. The normalized spacial score (nSPS) is 19.7. The predicted octanol–water partition coefficient (Wildman–Crippen LogP) is 4.59. The zero-order valence-electron chi connectivity index (χ0n) is 12.0. The van der Waals surface area contributed by atoms with Crippen LogP contribution in [0, 0.1) is 32.7 Å². The largest absolute Gasteiger partial charge is 0.379 e. The fourth-order valence-corrected chi connectivity index (χ4v) is 3.22. The predicted molar refractivity (Wildman–Crippen MR) is 80.3 cm³/mol. The van der Waals surface area contributed by atoms with Gasteiger partial charge in [0.2, 0.25) is 0 Å². The number of rotatable bonds is 4. The Hall–Kier alpha value is -1.17. The van der Waals surface area contributed by atoms with Crippen LogP contribution < -0.4 is 5.32 Å². The van der Waals surface area contributed by atoms with Crippen molar-refractivity contribution in [3.05, 3.63) is 32.5 Å². The minimum Gasteiger partial charge on any atom is -0.379 e. The summed E-state index contributed by atoms with van der Waals surface area (Å²) in [5.74, 6) is -0.103. The summed E-state index contributed by atoms with van der Waals surface area (Å²) in [6.07, 6.45) is 0. The van der Waals surface area contributed by atoms with Crippen molar-refractivity contribution in [3.8, 4) is 0 Å². The van der Waals surface area contributed by atoms with Crippen LogP contribution in [0.3, 0.4) is 0 Å². The summed E-state index contributed by atoms with van der Waals surface area (Å²) < 4.78 is 13.7. The molecule has 1 fully saturated rings. The lowest BCUT2D eigenvalue weighted by Gasteiger charge is -2.09. The van der Waals surface area contributed by atoms with Crippen LogP contribution >= 0.6 is 15.9 Å². The highest BCUT2D eigenvalue weighted by atomic mass is 79.9. The van der Waals surface area contributed by atoms with Crippen LogP contribution in [-0.4, -0.2) is 11.5 Å². The van der Waals surface area contributed by atoms with Gasteiger partial charge >= 0.3 is 0 Å². The molecule has 0 radical (unpaired) electrons. The van der Waals surface area contributed by atoms with Gasteiger partial charge in [0.25, 0.3) is 5.69 Å². The third kappa shape index (κ3) is 2.30. The van der Waals surface area contributed by atoms with E-state index in [4.69, 9.17) is 0 Å². The molecule has 6 heteroatoms. The molecule has 0 aliphatic heterocycles. The van der Waals surface area contributed by atoms with Crippen LogP contribution in [0.1, 0.15) is 27.7 Å². The molecule has 0 unspecified atom stereocenters. The monoisotopic (exact) mass is 344 g/mol. The lowest BCUT2D eigenvalue weighted by Crippen LogP contribution is -2.10. The molecular formula is C14H18BrFN2O2. The molecule has 0 spiro atoms. The van der Waals surface area contributed by atoms with E-state index in [2.05, 4.69) is 48.9 Å². The summed E-state index contributed by atoms with van der Waals surface area (Å²) in [6, 6.07) is 2.37. The lowest BCUT2D eigenvalue weighted by atomic mass is 10.0. The molecule has 1 aromatic rings. The summed E-state index contributed by atoms with van der Waals surface area (Å²) in [7, 11) is 0. The number of halogens is 2. The molecule has 1 saturated carbocycles. The van der Waals surface area contributed by atoms with E-state index in [0.717, 1.165) is 0 Å². The van der Waals surface area contributed by atoms with Gasteiger partial charge in [0, 0.05) is 18.7 Å². The van der Waals surface area contributed by atoms with Crippen molar-refractivity contribution in [2.24, 2.45) is 16.7 Å². The average Bonchev–Trinajstić information content (AvgIpc) is 2.70. The Morgan fingerprint density at radius 2 is 1.90 bits per heavy atom. The Balaban J connectivity index is 2.19. The van der Waals surface area contributed by atoms with Gasteiger partial charge in [0.15, 0.2) is 0 Å². The van der Waals surface area contributed by atoms with Crippen LogP contribution in [0.25, 0.3) is 0 Å². The molecular weight excluding hydrogens is 327 g/mol. The van der Waals surface area contributed by atoms with E-state index in [1.165, 1.54) is 12.1 Å². The van der Waals surface area contributed by atoms with E-state index >= 15 is 0 Å². The van der Waals surface area contributed by atoms with Crippen molar-refractivity contribution in [1.82, 2.24) is 0 Å². The molecule has 1 aliphatic carbocycles. The Kier molecular flexibility index (Phi) is 3.57. The van der Waals surface area contributed by atoms with Crippen molar-refractivity contribution in [2.45, 2.75) is 27.7 Å². The standard InChI is InChI=1S/C14H18BrFN2O2/c1-13(2)12(14(13,3)4)7-17-10-6-9(16)8(15)5-11(10)18(19)20/h5-6,12,17H,7H2,1-4H3. The molecule has 0 atom stereocenters. The molecule has 0 aromatic heterocycles. The maximum absolute atomic E-state index is 13.6. The number of nitrogens with one attached hydrogen (secondary N) is 1. The molecule has 0 saturated heterocycles. The van der Waals surface area contributed by atoms with Gasteiger partial charge in [0.05, 0.1) is 9.40 Å².